The summed E-state index contributed by atoms with van der Waals surface area (Å²) in [6.07, 6.45) is 5.80. The van der Waals surface area contributed by atoms with Gasteiger partial charge in [0.05, 0.1) is 0 Å². The molecule has 0 unspecified atom stereocenters. The van der Waals surface area contributed by atoms with Crippen molar-refractivity contribution >= 4 is 23.2 Å². The second-order valence-electron chi connectivity index (χ2n) is 5.52. The quantitative estimate of drug-likeness (QED) is 0.867. The maximum Gasteiger partial charge on any atom is 0.271 e. The lowest BCUT2D eigenvalue weighted by atomic mass is 10.2. The summed E-state index contributed by atoms with van der Waals surface area (Å²) < 4.78 is 0. The number of carbonyl (C=O) groups is 2. The van der Waals surface area contributed by atoms with Crippen molar-refractivity contribution in [1.82, 2.24) is 5.43 Å². The van der Waals surface area contributed by atoms with E-state index in [1.54, 1.807) is 17.0 Å². The molecule has 2 fully saturated rings. The summed E-state index contributed by atoms with van der Waals surface area (Å²) in [5.41, 5.74) is 5.10. The van der Waals surface area contributed by atoms with Gasteiger partial charge in [-0.15, -0.1) is 0 Å². The zero-order valence-electron chi connectivity index (χ0n) is 12.0. The minimum absolute atomic E-state index is 0.153. The Labute approximate surface area is 124 Å². The van der Waals surface area contributed by atoms with Crippen LogP contribution in [0.3, 0.4) is 0 Å². The normalized spacial score (nSPS) is 18.2. The van der Waals surface area contributed by atoms with Crippen molar-refractivity contribution in [1.29, 1.82) is 0 Å². The Morgan fingerprint density at radius 3 is 2.38 bits per heavy atom. The molecule has 2 amide bonds. The van der Waals surface area contributed by atoms with Crippen molar-refractivity contribution in [3.05, 3.63) is 29.8 Å². The Hall–Kier alpha value is -2.17. The van der Waals surface area contributed by atoms with Crippen molar-refractivity contribution in [3.63, 3.8) is 0 Å². The molecule has 1 saturated heterocycles. The molecule has 1 aliphatic heterocycles. The molecule has 5 nitrogen and oxygen atoms in total. The average Bonchev–Trinajstić information content (AvgIpc) is 3.16. The van der Waals surface area contributed by atoms with Gasteiger partial charge in [-0.2, -0.15) is 5.10 Å². The van der Waals surface area contributed by atoms with Gasteiger partial charge in [0, 0.05) is 29.9 Å². The van der Waals surface area contributed by atoms with Gasteiger partial charge in [0.2, 0.25) is 5.91 Å². The van der Waals surface area contributed by atoms with Crippen molar-refractivity contribution in [2.24, 2.45) is 5.10 Å². The molecular formula is C16H19N3O2. The number of hydrogen-bond acceptors (Lipinski definition) is 3. The summed E-state index contributed by atoms with van der Waals surface area (Å²) in [5.74, 6) is -0.0477. The fourth-order valence-corrected chi connectivity index (χ4v) is 2.80. The molecule has 1 N–H and O–H groups in total. The van der Waals surface area contributed by atoms with Crippen molar-refractivity contribution < 1.29 is 9.59 Å². The minimum atomic E-state index is -0.200. The Morgan fingerprint density at radius 2 is 1.76 bits per heavy atom. The first-order valence-electron chi connectivity index (χ1n) is 7.50. The van der Waals surface area contributed by atoms with Crippen LogP contribution >= 0.6 is 0 Å². The van der Waals surface area contributed by atoms with Gasteiger partial charge >= 0.3 is 0 Å². The van der Waals surface area contributed by atoms with Gasteiger partial charge in [0.15, 0.2) is 0 Å². The van der Waals surface area contributed by atoms with E-state index >= 15 is 0 Å². The number of benzene rings is 1. The molecule has 1 heterocycles. The third kappa shape index (κ3) is 3.12. The lowest BCUT2D eigenvalue weighted by molar-refractivity contribution is -0.117. The summed E-state index contributed by atoms with van der Waals surface area (Å²) >= 11 is 0. The molecule has 21 heavy (non-hydrogen) atoms. The van der Waals surface area contributed by atoms with Gasteiger partial charge in [-0.1, -0.05) is 0 Å². The molecule has 1 aliphatic carbocycles. The monoisotopic (exact) mass is 285 g/mol. The molecule has 1 aromatic carbocycles. The minimum Gasteiger partial charge on any atom is -0.312 e. The second kappa shape index (κ2) is 6.08. The standard InChI is InChI=1S/C16H19N3O2/c20-15-6-3-11-19(15)14-9-7-12(8-10-14)16(21)18-17-13-4-1-2-5-13/h7-10H,1-6,11H2,(H,18,21). The van der Waals surface area contributed by atoms with Crippen LogP contribution in [-0.4, -0.2) is 24.1 Å². The molecule has 0 spiro atoms. The maximum atomic E-state index is 12.0. The summed E-state index contributed by atoms with van der Waals surface area (Å²) in [6, 6.07) is 7.12. The molecule has 1 saturated carbocycles. The SMILES string of the molecule is O=C(NN=C1CCCC1)c1ccc(N2CCCC2=O)cc1. The molecule has 5 heteroatoms. The Kier molecular flexibility index (Phi) is 3.99. The number of amides is 2. The van der Waals surface area contributed by atoms with Crippen LogP contribution in [0.5, 0.6) is 0 Å². The smallest absolute Gasteiger partial charge is 0.271 e. The predicted octanol–water partition coefficient (Wildman–Crippen LogP) is 2.47. The van der Waals surface area contributed by atoms with E-state index in [1.165, 1.54) is 0 Å². The van der Waals surface area contributed by atoms with Gasteiger partial charge in [-0.05, 0) is 56.4 Å². The average molecular weight is 285 g/mol. The molecule has 0 bridgehead atoms. The third-order valence-electron chi connectivity index (χ3n) is 4.01. The van der Waals surface area contributed by atoms with E-state index in [4.69, 9.17) is 0 Å². The number of anilines is 1. The van der Waals surface area contributed by atoms with Gasteiger partial charge < -0.3 is 4.90 Å². The third-order valence-corrected chi connectivity index (χ3v) is 4.01. The van der Waals surface area contributed by atoms with E-state index in [-0.39, 0.29) is 11.8 Å². The highest BCUT2D eigenvalue weighted by Crippen LogP contribution is 2.21. The van der Waals surface area contributed by atoms with E-state index in [2.05, 4.69) is 10.5 Å². The van der Waals surface area contributed by atoms with Crippen LogP contribution in [0, 0.1) is 0 Å². The van der Waals surface area contributed by atoms with Gasteiger partial charge in [0.1, 0.15) is 0 Å². The summed E-state index contributed by atoms with van der Waals surface area (Å²) in [7, 11) is 0. The van der Waals surface area contributed by atoms with E-state index in [0.717, 1.165) is 50.0 Å². The van der Waals surface area contributed by atoms with E-state index in [9.17, 15) is 9.59 Å². The number of carbonyl (C=O) groups excluding carboxylic acids is 2. The largest absolute Gasteiger partial charge is 0.312 e. The lowest BCUT2D eigenvalue weighted by Crippen LogP contribution is -2.24. The molecular weight excluding hydrogens is 266 g/mol. The first-order chi connectivity index (χ1) is 10.2. The Balaban J connectivity index is 1.64. The molecule has 3 rings (SSSR count). The van der Waals surface area contributed by atoms with E-state index < -0.39 is 0 Å². The highest BCUT2D eigenvalue weighted by atomic mass is 16.2. The topological polar surface area (TPSA) is 61.8 Å². The summed E-state index contributed by atoms with van der Waals surface area (Å²) in [6.45, 7) is 0.762. The predicted molar refractivity (Wildman–Crippen MR) is 81.4 cm³/mol. The second-order valence-corrected chi connectivity index (χ2v) is 5.52. The highest BCUT2D eigenvalue weighted by molar-refractivity contribution is 5.98. The fourth-order valence-electron chi connectivity index (χ4n) is 2.80. The van der Waals surface area contributed by atoms with Crippen molar-refractivity contribution in [3.8, 4) is 0 Å². The molecule has 1 aromatic rings. The van der Waals surface area contributed by atoms with Crippen LogP contribution in [0.4, 0.5) is 5.69 Å². The van der Waals surface area contributed by atoms with Gasteiger partial charge in [-0.25, -0.2) is 5.43 Å². The fraction of sp³-hybridized carbons (Fsp3) is 0.438. The molecule has 0 aromatic heterocycles. The van der Waals surface area contributed by atoms with Crippen molar-refractivity contribution in [2.75, 3.05) is 11.4 Å². The van der Waals surface area contributed by atoms with Crippen LogP contribution in [0.25, 0.3) is 0 Å². The van der Waals surface area contributed by atoms with Crippen LogP contribution in [0.15, 0.2) is 29.4 Å². The van der Waals surface area contributed by atoms with Crippen LogP contribution in [0.1, 0.15) is 48.9 Å². The van der Waals surface area contributed by atoms with Crippen LogP contribution < -0.4 is 10.3 Å². The van der Waals surface area contributed by atoms with E-state index in [0.29, 0.717) is 12.0 Å². The first kappa shape index (κ1) is 13.8. The maximum absolute atomic E-state index is 12.0. The molecule has 2 aliphatic rings. The summed E-state index contributed by atoms with van der Waals surface area (Å²) in [4.78, 5) is 25.4. The summed E-state index contributed by atoms with van der Waals surface area (Å²) in [5, 5.41) is 4.16. The Morgan fingerprint density at radius 1 is 1.05 bits per heavy atom. The van der Waals surface area contributed by atoms with E-state index in [1.807, 2.05) is 12.1 Å². The number of rotatable bonds is 3. The number of hydrazone groups is 1. The number of hydrogen-bond donors (Lipinski definition) is 1. The zero-order chi connectivity index (χ0) is 14.7. The first-order valence-corrected chi connectivity index (χ1v) is 7.50. The lowest BCUT2D eigenvalue weighted by Gasteiger charge is -2.15. The molecule has 0 atom stereocenters. The highest BCUT2D eigenvalue weighted by Gasteiger charge is 2.21. The van der Waals surface area contributed by atoms with Crippen molar-refractivity contribution in [2.45, 2.75) is 38.5 Å². The molecule has 110 valence electrons. The van der Waals surface area contributed by atoms with Gasteiger partial charge in [0.25, 0.3) is 5.91 Å². The number of nitrogens with zero attached hydrogens (tertiary/aromatic N) is 2. The zero-order valence-corrected chi connectivity index (χ0v) is 12.0. The molecule has 0 radical (unpaired) electrons. The Bertz CT molecular complexity index is 570. The van der Waals surface area contributed by atoms with Crippen LogP contribution in [-0.2, 0) is 4.79 Å². The number of nitrogens with one attached hydrogen (secondary N) is 1. The van der Waals surface area contributed by atoms with Gasteiger partial charge in [-0.3, -0.25) is 9.59 Å². The van der Waals surface area contributed by atoms with Crippen LogP contribution in [0.2, 0.25) is 0 Å².